The fraction of sp³-hybridized carbons (Fsp3) is 0.0588. The second kappa shape index (κ2) is 7.73. The van der Waals surface area contributed by atoms with E-state index in [0.29, 0.717) is 11.4 Å². The van der Waals surface area contributed by atoms with E-state index in [1.807, 2.05) is 36.4 Å². The van der Waals surface area contributed by atoms with Crippen LogP contribution in [0.15, 0.2) is 69.9 Å². The molecule has 0 amide bonds. The number of hydrogen-bond donors (Lipinski definition) is 0. The predicted molar refractivity (Wildman–Crippen MR) is 98.6 cm³/mol. The van der Waals surface area contributed by atoms with Crippen molar-refractivity contribution in [3.05, 3.63) is 76.9 Å². The minimum atomic E-state index is -0.0456. The number of hydrogen-bond acceptors (Lipinski definition) is 5. The molecular weight excluding hydrogens is 350 g/mol. The molecule has 3 rings (SSSR count). The summed E-state index contributed by atoms with van der Waals surface area (Å²) in [5, 5.41) is 0.683. The number of benzene rings is 1. The van der Waals surface area contributed by atoms with Gasteiger partial charge in [0.15, 0.2) is 0 Å². The van der Waals surface area contributed by atoms with Crippen molar-refractivity contribution in [1.82, 2.24) is 0 Å². The topological polar surface area (TPSA) is 42.6 Å². The van der Waals surface area contributed by atoms with Gasteiger partial charge in [-0.1, -0.05) is 47.6 Å². The van der Waals surface area contributed by atoms with Crippen molar-refractivity contribution < 1.29 is 9.21 Å². The van der Waals surface area contributed by atoms with Crippen LogP contribution in [-0.4, -0.2) is 9.49 Å². The molecule has 1 aliphatic heterocycles. The second-order valence-corrected chi connectivity index (χ2v) is 7.17. The Bertz CT molecular complexity index is 795. The average molecular weight is 362 g/mol. The first-order valence-electron chi connectivity index (χ1n) is 6.81. The lowest BCUT2D eigenvalue weighted by Crippen LogP contribution is -1.88. The number of allylic oxidation sites excluding steroid dienone is 2. The molecule has 0 unspecified atom stereocenters. The van der Waals surface area contributed by atoms with E-state index in [-0.39, 0.29) is 5.12 Å². The van der Waals surface area contributed by atoms with Crippen molar-refractivity contribution in [1.29, 1.82) is 0 Å². The highest BCUT2D eigenvalue weighted by Crippen LogP contribution is 2.32. The Labute approximate surface area is 147 Å². The summed E-state index contributed by atoms with van der Waals surface area (Å²) >= 11 is 8.79. The Balaban J connectivity index is 1.63. The van der Waals surface area contributed by atoms with Gasteiger partial charge in [-0.05, 0) is 47.7 Å². The largest absolute Gasteiger partial charge is 0.465 e. The van der Waals surface area contributed by atoms with Gasteiger partial charge >= 0.3 is 0 Å². The van der Waals surface area contributed by atoms with Crippen LogP contribution in [-0.2, 0) is 10.5 Å². The number of rotatable bonds is 4. The highest BCUT2D eigenvalue weighted by molar-refractivity contribution is 8.45. The predicted octanol–water partition coefficient (Wildman–Crippen LogP) is 5.39. The van der Waals surface area contributed by atoms with Crippen LogP contribution in [0, 0.1) is 0 Å². The molecule has 1 aromatic heterocycles. The molecule has 0 fully saturated rings. The van der Waals surface area contributed by atoms with Crippen LogP contribution in [0.3, 0.4) is 0 Å². The summed E-state index contributed by atoms with van der Waals surface area (Å²) in [7, 11) is 0. The molecular formula is C17H12ClNO2S2. The van der Waals surface area contributed by atoms with Crippen LogP contribution in [0.4, 0.5) is 0 Å². The number of aliphatic imine (C=N–C) groups is 1. The molecule has 0 bridgehead atoms. The van der Waals surface area contributed by atoms with Crippen molar-refractivity contribution in [2.75, 3.05) is 0 Å². The summed E-state index contributed by atoms with van der Waals surface area (Å²) in [5.74, 6) is 1.42. The van der Waals surface area contributed by atoms with Crippen molar-refractivity contribution in [2.24, 2.45) is 4.99 Å². The molecule has 3 nitrogen and oxygen atoms in total. The highest BCUT2D eigenvalue weighted by atomic mass is 35.5. The van der Waals surface area contributed by atoms with E-state index in [0.717, 1.165) is 32.5 Å². The minimum Gasteiger partial charge on any atom is -0.465 e. The van der Waals surface area contributed by atoms with Gasteiger partial charge in [0.05, 0.1) is 6.26 Å². The Morgan fingerprint density at radius 3 is 2.91 bits per heavy atom. The summed E-state index contributed by atoms with van der Waals surface area (Å²) in [6.07, 6.45) is 6.85. The lowest BCUT2D eigenvalue weighted by atomic mass is 10.2. The molecule has 116 valence electrons. The quantitative estimate of drug-likeness (QED) is 0.684. The van der Waals surface area contributed by atoms with E-state index in [1.165, 1.54) is 11.8 Å². The number of halogens is 1. The fourth-order valence-corrected chi connectivity index (χ4v) is 3.98. The summed E-state index contributed by atoms with van der Waals surface area (Å²) in [5.41, 5.74) is 1.48. The normalized spacial score (nSPS) is 16.5. The number of carbonyl (C=O) groups is 1. The van der Waals surface area contributed by atoms with E-state index < -0.39 is 0 Å². The van der Waals surface area contributed by atoms with Crippen LogP contribution in [0.2, 0.25) is 5.02 Å². The van der Waals surface area contributed by atoms with Crippen LogP contribution in [0.25, 0.3) is 6.08 Å². The first-order chi connectivity index (χ1) is 11.2. The molecule has 0 saturated carbocycles. The van der Waals surface area contributed by atoms with E-state index >= 15 is 0 Å². The monoisotopic (exact) mass is 361 g/mol. The van der Waals surface area contributed by atoms with E-state index in [2.05, 4.69) is 4.99 Å². The van der Waals surface area contributed by atoms with Gasteiger partial charge in [0.25, 0.3) is 0 Å². The molecule has 0 radical (unpaired) electrons. The standard InChI is InChI=1S/C17H12ClNO2S2/c18-14-8-2-1-5-12(14)11-22-17-19-15(16(20)23-17)9-3-6-13-7-4-10-21-13/h1-10H,11H2/b6-3-,15-9+. The van der Waals surface area contributed by atoms with Gasteiger partial charge in [-0.2, -0.15) is 0 Å². The van der Waals surface area contributed by atoms with E-state index in [1.54, 1.807) is 24.5 Å². The molecule has 0 aliphatic carbocycles. The maximum Gasteiger partial charge on any atom is 0.244 e. The van der Waals surface area contributed by atoms with Gasteiger partial charge in [-0.3, -0.25) is 4.79 Å². The Kier molecular flexibility index (Phi) is 5.43. The number of furan rings is 1. The molecule has 0 N–H and O–H groups in total. The smallest absolute Gasteiger partial charge is 0.244 e. The Hall–Kier alpha value is -1.69. The molecule has 0 saturated heterocycles. The first-order valence-corrected chi connectivity index (χ1v) is 8.99. The SMILES string of the molecule is O=C1SC(SCc2ccccc2Cl)=N/C1=C/C=C\c1ccco1. The number of carbonyl (C=O) groups excluding carboxylic acids is 1. The average Bonchev–Trinajstić information content (AvgIpc) is 3.17. The molecule has 1 aromatic carbocycles. The van der Waals surface area contributed by atoms with Gasteiger partial charge in [0, 0.05) is 10.8 Å². The van der Waals surface area contributed by atoms with Crippen LogP contribution >= 0.6 is 35.1 Å². The zero-order valence-electron chi connectivity index (χ0n) is 11.9. The van der Waals surface area contributed by atoms with Crippen LogP contribution in [0.1, 0.15) is 11.3 Å². The molecule has 2 heterocycles. The van der Waals surface area contributed by atoms with Gasteiger partial charge in [0.2, 0.25) is 5.12 Å². The first kappa shape index (κ1) is 16.2. The molecule has 1 aliphatic rings. The highest BCUT2D eigenvalue weighted by Gasteiger charge is 2.22. The number of nitrogens with zero attached hydrogens (tertiary/aromatic N) is 1. The van der Waals surface area contributed by atoms with Crippen molar-refractivity contribution in [3.63, 3.8) is 0 Å². The third kappa shape index (κ3) is 4.41. The third-order valence-electron chi connectivity index (χ3n) is 2.97. The lowest BCUT2D eigenvalue weighted by Gasteiger charge is -2.02. The summed E-state index contributed by atoms with van der Waals surface area (Å²) in [6.45, 7) is 0. The molecule has 23 heavy (non-hydrogen) atoms. The summed E-state index contributed by atoms with van der Waals surface area (Å²) < 4.78 is 5.93. The van der Waals surface area contributed by atoms with Crippen LogP contribution < -0.4 is 0 Å². The zero-order chi connectivity index (χ0) is 16.1. The van der Waals surface area contributed by atoms with Gasteiger partial charge in [-0.25, -0.2) is 4.99 Å². The molecule has 6 heteroatoms. The van der Waals surface area contributed by atoms with Gasteiger partial charge < -0.3 is 4.42 Å². The van der Waals surface area contributed by atoms with Crippen molar-refractivity contribution >= 4 is 50.7 Å². The Morgan fingerprint density at radius 1 is 1.26 bits per heavy atom. The second-order valence-electron chi connectivity index (χ2n) is 4.57. The maximum absolute atomic E-state index is 11.9. The molecule has 2 aromatic rings. The van der Waals surface area contributed by atoms with Gasteiger partial charge in [0.1, 0.15) is 15.8 Å². The van der Waals surface area contributed by atoms with Gasteiger partial charge in [-0.15, -0.1) is 0 Å². The number of thioether (sulfide) groups is 2. The Morgan fingerprint density at radius 2 is 2.13 bits per heavy atom. The maximum atomic E-state index is 11.9. The molecule has 0 spiro atoms. The minimum absolute atomic E-state index is 0.0456. The third-order valence-corrected chi connectivity index (χ3v) is 5.39. The van der Waals surface area contributed by atoms with Crippen molar-refractivity contribution in [2.45, 2.75) is 5.75 Å². The van der Waals surface area contributed by atoms with E-state index in [4.69, 9.17) is 16.0 Å². The zero-order valence-corrected chi connectivity index (χ0v) is 14.3. The van der Waals surface area contributed by atoms with Crippen molar-refractivity contribution in [3.8, 4) is 0 Å². The lowest BCUT2D eigenvalue weighted by molar-refractivity contribution is -0.107. The molecule has 0 atom stereocenters. The van der Waals surface area contributed by atoms with Crippen LogP contribution in [0.5, 0.6) is 0 Å². The fourth-order valence-electron chi connectivity index (χ4n) is 1.84. The van der Waals surface area contributed by atoms with E-state index in [9.17, 15) is 4.79 Å². The summed E-state index contributed by atoms with van der Waals surface area (Å²) in [6, 6.07) is 11.3. The summed E-state index contributed by atoms with van der Waals surface area (Å²) in [4.78, 5) is 16.3.